The average molecular weight is 396 g/mol. The molecule has 1 aromatic carbocycles. The summed E-state index contributed by atoms with van der Waals surface area (Å²) in [5, 5.41) is 20.5. The molecule has 0 spiro atoms. The highest BCUT2D eigenvalue weighted by atomic mass is 16.5. The normalized spacial score (nSPS) is 10.7. The first-order valence-corrected chi connectivity index (χ1v) is 8.90. The molecule has 2 heterocycles. The summed E-state index contributed by atoms with van der Waals surface area (Å²) >= 11 is 0. The van der Waals surface area contributed by atoms with Crippen molar-refractivity contribution in [2.24, 2.45) is 0 Å². The molecule has 0 atom stereocenters. The maximum Gasteiger partial charge on any atom is 0.150 e. The number of hydrogen-bond donors (Lipinski definition) is 4. The van der Waals surface area contributed by atoms with E-state index in [0.29, 0.717) is 45.7 Å². The highest BCUT2D eigenvalue weighted by molar-refractivity contribution is 5.82. The standard InChI is InChI=1S/C21H24N4O4/c1-5-15-16(6-2)24-21(23-15)18-19(27)17(7-8-26)25(20(18)22)12-9-13(28-3)11-14(10-12)29-4/h5-6,9-11,26-27H,1-2,7-8,22H2,3-4H3,(H,23,24). The van der Waals surface area contributed by atoms with Crippen molar-refractivity contribution in [2.45, 2.75) is 6.42 Å². The predicted octanol–water partition coefficient (Wildman–Crippen LogP) is 2.99. The van der Waals surface area contributed by atoms with Crippen molar-refractivity contribution in [2.75, 3.05) is 26.6 Å². The highest BCUT2D eigenvalue weighted by Crippen LogP contribution is 2.42. The summed E-state index contributed by atoms with van der Waals surface area (Å²) in [6.07, 6.45) is 3.38. The molecular weight excluding hydrogens is 372 g/mol. The molecule has 3 aromatic rings. The summed E-state index contributed by atoms with van der Waals surface area (Å²) in [5.74, 6) is 1.67. The third kappa shape index (κ3) is 3.45. The number of aromatic hydroxyl groups is 1. The van der Waals surface area contributed by atoms with Crippen LogP contribution in [0.4, 0.5) is 5.82 Å². The highest BCUT2D eigenvalue weighted by Gasteiger charge is 2.26. The number of rotatable bonds is 8. The lowest BCUT2D eigenvalue weighted by atomic mass is 10.2. The number of anilines is 1. The van der Waals surface area contributed by atoms with Crippen molar-refractivity contribution in [3.63, 3.8) is 0 Å². The molecule has 0 amide bonds. The lowest BCUT2D eigenvalue weighted by molar-refractivity contribution is 0.295. The number of nitrogen functional groups attached to an aromatic ring is 1. The molecule has 0 saturated heterocycles. The van der Waals surface area contributed by atoms with Gasteiger partial charge >= 0.3 is 0 Å². The Morgan fingerprint density at radius 1 is 1.17 bits per heavy atom. The molecule has 29 heavy (non-hydrogen) atoms. The zero-order valence-corrected chi connectivity index (χ0v) is 16.4. The molecule has 8 heteroatoms. The van der Waals surface area contributed by atoms with Crippen molar-refractivity contribution >= 4 is 18.0 Å². The number of aliphatic hydroxyl groups is 1. The van der Waals surface area contributed by atoms with Gasteiger partial charge in [0.2, 0.25) is 0 Å². The maximum atomic E-state index is 10.9. The third-order valence-corrected chi connectivity index (χ3v) is 4.62. The molecule has 152 valence electrons. The Morgan fingerprint density at radius 2 is 1.83 bits per heavy atom. The van der Waals surface area contributed by atoms with Gasteiger partial charge in [-0.15, -0.1) is 0 Å². The number of benzene rings is 1. The Balaban J connectivity index is 2.29. The fourth-order valence-corrected chi connectivity index (χ4v) is 3.24. The molecule has 8 nitrogen and oxygen atoms in total. The van der Waals surface area contributed by atoms with Crippen LogP contribution in [0.25, 0.3) is 29.2 Å². The van der Waals surface area contributed by atoms with Crippen molar-refractivity contribution in [1.29, 1.82) is 0 Å². The molecule has 0 aliphatic rings. The third-order valence-electron chi connectivity index (χ3n) is 4.62. The van der Waals surface area contributed by atoms with Crippen LogP contribution in [0.15, 0.2) is 31.4 Å². The Morgan fingerprint density at radius 3 is 2.31 bits per heavy atom. The SMILES string of the molecule is C=Cc1nc(-c2c(O)c(CCO)n(-c3cc(OC)cc(OC)c3)c2N)[nH]c1C=C. The second-order valence-corrected chi connectivity index (χ2v) is 6.23. The molecule has 0 radical (unpaired) electrons. The number of nitrogens with two attached hydrogens (primary N) is 1. The van der Waals surface area contributed by atoms with Crippen LogP contribution in [0.5, 0.6) is 17.2 Å². The van der Waals surface area contributed by atoms with Gasteiger partial charge in [-0.05, 0) is 12.2 Å². The van der Waals surface area contributed by atoms with E-state index >= 15 is 0 Å². The summed E-state index contributed by atoms with van der Waals surface area (Å²) in [6, 6.07) is 5.25. The van der Waals surface area contributed by atoms with E-state index in [9.17, 15) is 10.2 Å². The van der Waals surface area contributed by atoms with Gasteiger partial charge in [0.05, 0.1) is 37.0 Å². The van der Waals surface area contributed by atoms with Crippen LogP contribution in [-0.2, 0) is 6.42 Å². The maximum absolute atomic E-state index is 10.9. The monoisotopic (exact) mass is 396 g/mol. The number of nitrogens with one attached hydrogen (secondary N) is 1. The summed E-state index contributed by atoms with van der Waals surface area (Å²) < 4.78 is 12.3. The Bertz CT molecular complexity index is 1020. The van der Waals surface area contributed by atoms with E-state index in [0.717, 1.165) is 0 Å². The van der Waals surface area contributed by atoms with E-state index in [1.54, 1.807) is 49.1 Å². The van der Waals surface area contributed by atoms with Crippen LogP contribution < -0.4 is 15.2 Å². The topological polar surface area (TPSA) is 119 Å². The molecule has 0 aliphatic heterocycles. The second kappa shape index (κ2) is 8.15. The Kier molecular flexibility index (Phi) is 5.65. The van der Waals surface area contributed by atoms with Crippen molar-refractivity contribution in [1.82, 2.24) is 14.5 Å². The predicted molar refractivity (Wildman–Crippen MR) is 114 cm³/mol. The molecule has 0 saturated carbocycles. The first-order valence-electron chi connectivity index (χ1n) is 8.90. The number of aromatic amines is 1. The molecule has 0 aliphatic carbocycles. The molecule has 2 aromatic heterocycles. The average Bonchev–Trinajstić information content (AvgIpc) is 3.25. The minimum Gasteiger partial charge on any atom is -0.505 e. The van der Waals surface area contributed by atoms with E-state index < -0.39 is 0 Å². The number of aliphatic hydroxyl groups excluding tert-OH is 1. The van der Waals surface area contributed by atoms with Crippen LogP contribution in [0.2, 0.25) is 0 Å². The lowest BCUT2D eigenvalue weighted by Gasteiger charge is -2.14. The quantitative estimate of drug-likeness (QED) is 0.465. The number of methoxy groups -OCH3 is 2. The van der Waals surface area contributed by atoms with Gasteiger partial charge in [-0.25, -0.2) is 4.98 Å². The van der Waals surface area contributed by atoms with Crippen molar-refractivity contribution < 1.29 is 19.7 Å². The lowest BCUT2D eigenvalue weighted by Crippen LogP contribution is -2.07. The van der Waals surface area contributed by atoms with Crippen LogP contribution in [0.1, 0.15) is 17.1 Å². The summed E-state index contributed by atoms with van der Waals surface area (Å²) in [6.45, 7) is 7.31. The van der Waals surface area contributed by atoms with Gasteiger partial charge in [-0.3, -0.25) is 4.57 Å². The summed E-state index contributed by atoms with van der Waals surface area (Å²) in [7, 11) is 3.09. The van der Waals surface area contributed by atoms with E-state index in [4.69, 9.17) is 15.2 Å². The van der Waals surface area contributed by atoms with Crippen LogP contribution >= 0.6 is 0 Å². The van der Waals surface area contributed by atoms with E-state index in [1.807, 2.05) is 0 Å². The zero-order valence-electron chi connectivity index (χ0n) is 16.4. The van der Waals surface area contributed by atoms with Crippen LogP contribution in [0, 0.1) is 0 Å². The van der Waals surface area contributed by atoms with Crippen molar-refractivity contribution in [3.8, 4) is 34.3 Å². The molecule has 0 bridgehead atoms. The van der Waals surface area contributed by atoms with Gasteiger partial charge in [0.1, 0.15) is 34.5 Å². The smallest absolute Gasteiger partial charge is 0.150 e. The van der Waals surface area contributed by atoms with Gasteiger partial charge in [0.25, 0.3) is 0 Å². The molecule has 3 rings (SSSR count). The summed E-state index contributed by atoms with van der Waals surface area (Å²) in [5.41, 5.74) is 9.08. The van der Waals surface area contributed by atoms with Crippen LogP contribution in [-0.4, -0.2) is 45.6 Å². The molecular formula is C21H24N4O4. The van der Waals surface area contributed by atoms with Gasteiger partial charge in [-0.1, -0.05) is 13.2 Å². The summed E-state index contributed by atoms with van der Waals surface area (Å²) in [4.78, 5) is 7.55. The van der Waals surface area contributed by atoms with Gasteiger partial charge in [0.15, 0.2) is 0 Å². The largest absolute Gasteiger partial charge is 0.505 e. The van der Waals surface area contributed by atoms with Crippen molar-refractivity contribution in [3.05, 3.63) is 48.4 Å². The zero-order chi connectivity index (χ0) is 21.1. The fourth-order valence-electron chi connectivity index (χ4n) is 3.24. The number of imidazole rings is 1. The molecule has 0 fully saturated rings. The fraction of sp³-hybridized carbons (Fsp3) is 0.190. The first kappa shape index (κ1) is 20.1. The Labute approximate surface area is 168 Å². The number of nitrogens with zero attached hydrogens (tertiary/aromatic N) is 2. The van der Waals surface area contributed by atoms with Crippen LogP contribution in [0.3, 0.4) is 0 Å². The van der Waals surface area contributed by atoms with Gasteiger partial charge in [0, 0.05) is 31.2 Å². The number of H-pyrrole nitrogens is 1. The van der Waals surface area contributed by atoms with E-state index in [2.05, 4.69) is 23.1 Å². The number of ether oxygens (including phenoxy) is 2. The first-order chi connectivity index (χ1) is 14.0. The molecule has 0 unspecified atom stereocenters. The second-order valence-electron chi connectivity index (χ2n) is 6.23. The molecule has 5 N–H and O–H groups in total. The van der Waals surface area contributed by atoms with E-state index in [-0.39, 0.29) is 24.6 Å². The number of hydrogen-bond acceptors (Lipinski definition) is 6. The Hall–Kier alpha value is -3.65. The van der Waals surface area contributed by atoms with Gasteiger partial charge < -0.3 is 30.4 Å². The minimum absolute atomic E-state index is 0.0710. The minimum atomic E-state index is -0.175. The number of aromatic nitrogens is 3. The van der Waals surface area contributed by atoms with E-state index in [1.165, 1.54) is 0 Å². The van der Waals surface area contributed by atoms with Gasteiger partial charge in [-0.2, -0.15) is 0 Å².